The molecule has 10 aromatic carbocycles. The van der Waals surface area contributed by atoms with E-state index in [0.29, 0.717) is 0 Å². The maximum atomic E-state index is 2.40. The van der Waals surface area contributed by atoms with E-state index >= 15 is 0 Å². The fourth-order valence-electron chi connectivity index (χ4n) is 9.01. The quantitative estimate of drug-likeness (QED) is 0.163. The molecule has 1 heterocycles. The summed E-state index contributed by atoms with van der Waals surface area (Å²) in [6, 6.07) is 78.1. The summed E-state index contributed by atoms with van der Waals surface area (Å²) in [6.45, 7) is 0. The molecule has 0 bridgehead atoms. The molecule has 1 aromatic heterocycles. The maximum absolute atomic E-state index is 2.40. The zero-order valence-corrected chi connectivity index (χ0v) is 32.4. The zero-order valence-electron chi connectivity index (χ0n) is 31.6. The summed E-state index contributed by atoms with van der Waals surface area (Å²) >= 11 is 1.88. The molecule has 0 saturated carbocycles. The highest BCUT2D eigenvalue weighted by molar-refractivity contribution is 7.26. The van der Waals surface area contributed by atoms with E-state index in [4.69, 9.17) is 0 Å². The Morgan fingerprint density at radius 2 is 0.759 bits per heavy atom. The van der Waals surface area contributed by atoms with Gasteiger partial charge in [-0.2, -0.15) is 0 Å². The molecular weight excluding hydrogens is 719 g/mol. The van der Waals surface area contributed by atoms with Crippen LogP contribution >= 0.6 is 11.3 Å². The molecule has 0 N–H and O–H groups in total. The van der Waals surface area contributed by atoms with Crippen molar-refractivity contribution in [3.05, 3.63) is 212 Å². The summed E-state index contributed by atoms with van der Waals surface area (Å²) in [5, 5.41) is 7.68. The molecule has 2 heteroatoms. The predicted octanol–water partition coefficient (Wildman–Crippen LogP) is 16.5. The van der Waals surface area contributed by atoms with Crippen molar-refractivity contribution in [2.45, 2.75) is 0 Å². The minimum Gasteiger partial charge on any atom is -0.310 e. The van der Waals surface area contributed by atoms with Crippen LogP contribution in [0.1, 0.15) is 0 Å². The Kier molecular flexibility index (Phi) is 7.47. The van der Waals surface area contributed by atoms with E-state index < -0.39 is 0 Å². The fraction of sp³-hybridized carbons (Fsp3) is 0. The second-order valence-electron chi connectivity index (χ2n) is 15.3. The summed E-state index contributed by atoms with van der Waals surface area (Å²) in [5.74, 6) is 0. The van der Waals surface area contributed by atoms with Crippen molar-refractivity contribution in [2.24, 2.45) is 0 Å². The first kappa shape index (κ1) is 32.9. The first-order chi connectivity index (χ1) is 28.7. The van der Waals surface area contributed by atoms with Crippen molar-refractivity contribution in [1.29, 1.82) is 0 Å². The summed E-state index contributed by atoms with van der Waals surface area (Å²) in [5.41, 5.74) is 16.1. The first-order valence-electron chi connectivity index (χ1n) is 19.9. The number of fused-ring (bicyclic) bond motifs is 9. The van der Waals surface area contributed by atoms with E-state index in [1.165, 1.54) is 97.4 Å². The van der Waals surface area contributed by atoms with Crippen LogP contribution in [0.4, 0.5) is 17.1 Å². The molecule has 0 saturated heterocycles. The molecule has 0 fully saturated rings. The van der Waals surface area contributed by atoms with Crippen molar-refractivity contribution in [3.8, 4) is 55.6 Å². The molecule has 0 unspecified atom stereocenters. The number of hydrogen-bond donors (Lipinski definition) is 0. The highest BCUT2D eigenvalue weighted by Crippen LogP contribution is 2.51. The molecule has 1 aliphatic carbocycles. The third kappa shape index (κ3) is 5.38. The van der Waals surface area contributed by atoms with Crippen LogP contribution in [0.2, 0.25) is 0 Å². The molecule has 12 rings (SSSR count). The van der Waals surface area contributed by atoms with E-state index in [0.717, 1.165) is 17.1 Å². The minimum atomic E-state index is 1.12. The van der Waals surface area contributed by atoms with Crippen molar-refractivity contribution in [1.82, 2.24) is 0 Å². The Balaban J connectivity index is 0.947. The molecule has 0 atom stereocenters. The van der Waals surface area contributed by atoms with Gasteiger partial charge in [0.05, 0.1) is 0 Å². The molecule has 0 amide bonds. The Bertz CT molecular complexity index is 3360. The van der Waals surface area contributed by atoms with Gasteiger partial charge in [-0.15, -0.1) is 11.3 Å². The standard InChI is InChI=1S/C56H35NS/c1-3-10-36(11-4-1)38-20-25-45(26-21-38)57(46-27-22-39(23-28-46)48-15-9-16-50-49-14-7-8-17-55(49)58-56(48)50)47-29-24-42-33-52-51-32-41-19-18-40(37-12-5-2-6-13-37)30-43(41)34-53(51)54(52)35-44(42)31-47/h1-35H. The maximum Gasteiger partial charge on any atom is 0.0468 e. The van der Waals surface area contributed by atoms with Gasteiger partial charge in [-0.3, -0.25) is 0 Å². The van der Waals surface area contributed by atoms with Crippen molar-refractivity contribution < 1.29 is 0 Å². The van der Waals surface area contributed by atoms with Gasteiger partial charge in [-0.1, -0.05) is 140 Å². The molecule has 11 aromatic rings. The monoisotopic (exact) mass is 753 g/mol. The van der Waals surface area contributed by atoms with E-state index in [2.05, 4.69) is 217 Å². The number of hydrogen-bond acceptors (Lipinski definition) is 2. The molecule has 58 heavy (non-hydrogen) atoms. The van der Waals surface area contributed by atoms with Gasteiger partial charge in [0.25, 0.3) is 0 Å². The predicted molar refractivity (Wildman–Crippen MR) is 250 cm³/mol. The van der Waals surface area contributed by atoms with Crippen LogP contribution in [-0.4, -0.2) is 0 Å². The molecule has 1 aliphatic rings. The van der Waals surface area contributed by atoms with Gasteiger partial charge < -0.3 is 4.90 Å². The zero-order chi connectivity index (χ0) is 38.2. The first-order valence-corrected chi connectivity index (χ1v) is 20.7. The van der Waals surface area contributed by atoms with E-state index in [-0.39, 0.29) is 0 Å². The van der Waals surface area contributed by atoms with Crippen LogP contribution < -0.4 is 4.90 Å². The minimum absolute atomic E-state index is 1.12. The molecule has 0 spiro atoms. The lowest BCUT2D eigenvalue weighted by Crippen LogP contribution is -2.10. The van der Waals surface area contributed by atoms with Crippen LogP contribution in [-0.2, 0) is 0 Å². The number of benzene rings is 10. The largest absolute Gasteiger partial charge is 0.310 e. The van der Waals surface area contributed by atoms with Gasteiger partial charge in [0.15, 0.2) is 0 Å². The van der Waals surface area contributed by atoms with Crippen molar-refractivity contribution in [3.63, 3.8) is 0 Å². The average Bonchev–Trinajstić information content (AvgIpc) is 3.68. The number of rotatable bonds is 6. The summed E-state index contributed by atoms with van der Waals surface area (Å²) in [4.78, 5) is 2.39. The molecule has 0 radical (unpaired) electrons. The lowest BCUT2D eigenvalue weighted by atomic mass is 9.77. The third-order valence-electron chi connectivity index (χ3n) is 12.0. The summed E-state index contributed by atoms with van der Waals surface area (Å²) in [7, 11) is 0. The van der Waals surface area contributed by atoms with Crippen LogP contribution in [0.25, 0.3) is 97.4 Å². The van der Waals surface area contributed by atoms with Crippen LogP contribution in [0.5, 0.6) is 0 Å². The Labute approximate surface area is 341 Å². The molecule has 270 valence electrons. The molecular formula is C56H35NS. The number of anilines is 3. The second-order valence-corrected chi connectivity index (χ2v) is 16.4. The third-order valence-corrected chi connectivity index (χ3v) is 13.2. The van der Waals surface area contributed by atoms with E-state index in [1.54, 1.807) is 0 Å². The van der Waals surface area contributed by atoms with Crippen molar-refractivity contribution >= 4 is 70.1 Å². The molecule has 1 nitrogen and oxygen atoms in total. The number of thiophene rings is 1. The van der Waals surface area contributed by atoms with Crippen molar-refractivity contribution in [2.75, 3.05) is 4.90 Å². The Morgan fingerprint density at radius 3 is 1.43 bits per heavy atom. The van der Waals surface area contributed by atoms with E-state index in [1.807, 2.05) is 11.3 Å². The Morgan fingerprint density at radius 1 is 0.276 bits per heavy atom. The summed E-state index contributed by atoms with van der Waals surface area (Å²) < 4.78 is 2.66. The second kappa shape index (κ2) is 13.2. The molecule has 0 aliphatic heterocycles. The number of nitrogens with zero attached hydrogens (tertiary/aromatic N) is 1. The van der Waals surface area contributed by atoms with Crippen LogP contribution in [0.3, 0.4) is 0 Å². The smallest absolute Gasteiger partial charge is 0.0468 e. The summed E-state index contributed by atoms with van der Waals surface area (Å²) in [6.07, 6.45) is 0. The van der Waals surface area contributed by atoms with Gasteiger partial charge in [-0.05, 0) is 150 Å². The van der Waals surface area contributed by atoms with E-state index in [9.17, 15) is 0 Å². The topological polar surface area (TPSA) is 3.24 Å². The fourth-order valence-corrected chi connectivity index (χ4v) is 10.2. The highest BCUT2D eigenvalue weighted by atomic mass is 32.1. The SMILES string of the molecule is c1ccc(-c2ccc(N(c3ccc(-c4cccc5c4sc4ccccc45)cc3)c3ccc4cc5c(cc4c3)-c3cc4cc(-c6ccccc6)ccc4cc3-5)cc2)cc1. The van der Waals surface area contributed by atoms with Gasteiger partial charge >= 0.3 is 0 Å². The normalized spacial score (nSPS) is 11.8. The van der Waals surface area contributed by atoms with Gasteiger partial charge in [0, 0.05) is 37.2 Å². The van der Waals surface area contributed by atoms with Gasteiger partial charge in [0.2, 0.25) is 0 Å². The highest BCUT2D eigenvalue weighted by Gasteiger charge is 2.24. The van der Waals surface area contributed by atoms with Crippen LogP contribution in [0, 0.1) is 0 Å². The lowest BCUT2D eigenvalue weighted by molar-refractivity contribution is 1.29. The van der Waals surface area contributed by atoms with Gasteiger partial charge in [-0.25, -0.2) is 0 Å². The average molecular weight is 754 g/mol. The van der Waals surface area contributed by atoms with Gasteiger partial charge in [0.1, 0.15) is 0 Å². The Hall–Kier alpha value is -7.26. The van der Waals surface area contributed by atoms with Crippen LogP contribution in [0.15, 0.2) is 212 Å². The lowest BCUT2D eigenvalue weighted by Gasteiger charge is -2.28.